The number of nitrogens with one attached hydrogen (secondary N) is 1. The highest BCUT2D eigenvalue weighted by atomic mass is 35.5. The van der Waals surface area contributed by atoms with Crippen molar-refractivity contribution < 1.29 is 9.15 Å². The number of halogens is 1. The molecule has 0 amide bonds. The summed E-state index contributed by atoms with van der Waals surface area (Å²) in [4.78, 5) is 4.24. The largest absolute Gasteiger partial charge is 0.492 e. The molecule has 2 aromatic rings. The van der Waals surface area contributed by atoms with Gasteiger partial charge in [-0.1, -0.05) is 13.8 Å². The zero-order valence-electron chi connectivity index (χ0n) is 11.7. The van der Waals surface area contributed by atoms with Crippen LogP contribution in [0.3, 0.4) is 0 Å². The first-order valence-corrected chi connectivity index (χ1v) is 7.18. The summed E-state index contributed by atoms with van der Waals surface area (Å²) in [6, 6.07) is 3.80. The number of rotatable bonds is 7. The van der Waals surface area contributed by atoms with Crippen molar-refractivity contribution in [3.63, 3.8) is 0 Å². The first-order valence-electron chi connectivity index (χ1n) is 6.80. The van der Waals surface area contributed by atoms with Gasteiger partial charge < -0.3 is 14.5 Å². The van der Waals surface area contributed by atoms with Crippen LogP contribution in [0.2, 0.25) is 5.22 Å². The highest BCUT2D eigenvalue weighted by molar-refractivity contribution is 6.29. The van der Waals surface area contributed by atoms with Gasteiger partial charge in [0.25, 0.3) is 0 Å². The van der Waals surface area contributed by atoms with E-state index in [0.717, 1.165) is 29.8 Å². The summed E-state index contributed by atoms with van der Waals surface area (Å²) in [5.74, 6) is 0.770. The summed E-state index contributed by atoms with van der Waals surface area (Å²) in [7, 11) is 0. The number of hydrogen-bond acceptors (Lipinski definition) is 4. The predicted octanol–water partition coefficient (Wildman–Crippen LogP) is 3.82. The molecule has 0 radical (unpaired) electrons. The molecule has 0 fully saturated rings. The van der Waals surface area contributed by atoms with Crippen LogP contribution >= 0.6 is 11.6 Å². The second-order valence-corrected chi connectivity index (χ2v) is 4.79. The smallest absolute Gasteiger partial charge is 0.198 e. The monoisotopic (exact) mass is 294 g/mol. The molecule has 0 aliphatic carbocycles. The molecule has 1 unspecified atom stereocenters. The van der Waals surface area contributed by atoms with Crippen LogP contribution in [-0.2, 0) is 0 Å². The molecule has 0 aromatic carbocycles. The summed E-state index contributed by atoms with van der Waals surface area (Å²) >= 11 is 6.09. The van der Waals surface area contributed by atoms with Crippen LogP contribution < -0.4 is 10.1 Å². The lowest BCUT2D eigenvalue weighted by atomic mass is 10.0. The summed E-state index contributed by atoms with van der Waals surface area (Å²) in [6.07, 6.45) is 6.09. The first-order chi connectivity index (χ1) is 9.76. The van der Waals surface area contributed by atoms with Crippen molar-refractivity contribution in [2.45, 2.75) is 26.3 Å². The maximum absolute atomic E-state index is 6.09. The third-order valence-electron chi connectivity index (χ3n) is 2.91. The van der Waals surface area contributed by atoms with Crippen molar-refractivity contribution >= 4 is 11.6 Å². The molecule has 0 bridgehead atoms. The highest BCUT2D eigenvalue weighted by Gasteiger charge is 2.19. The van der Waals surface area contributed by atoms with Crippen LogP contribution in [0.4, 0.5) is 0 Å². The molecular formula is C15H19ClN2O2. The van der Waals surface area contributed by atoms with Gasteiger partial charge in [0.1, 0.15) is 5.75 Å². The Kier molecular flexibility index (Phi) is 5.44. The Labute approximate surface area is 124 Å². The molecule has 0 aliphatic heterocycles. The van der Waals surface area contributed by atoms with Crippen molar-refractivity contribution in [3.05, 3.63) is 47.1 Å². The lowest BCUT2D eigenvalue weighted by molar-refractivity contribution is 0.315. The predicted molar refractivity (Wildman–Crippen MR) is 79.3 cm³/mol. The number of aromatic nitrogens is 1. The minimum absolute atomic E-state index is 0.0519. The van der Waals surface area contributed by atoms with Gasteiger partial charge in [-0.05, 0) is 42.3 Å². The van der Waals surface area contributed by atoms with Crippen LogP contribution in [0, 0.1) is 0 Å². The number of hydrogen-bond donors (Lipinski definition) is 1. The van der Waals surface area contributed by atoms with Gasteiger partial charge >= 0.3 is 0 Å². The molecular weight excluding hydrogens is 276 g/mol. The van der Waals surface area contributed by atoms with E-state index in [2.05, 4.69) is 17.2 Å². The Hall–Kier alpha value is -1.52. The second kappa shape index (κ2) is 7.31. The van der Waals surface area contributed by atoms with Crippen molar-refractivity contribution in [2.75, 3.05) is 13.2 Å². The maximum atomic E-state index is 6.09. The van der Waals surface area contributed by atoms with Crippen molar-refractivity contribution in [3.8, 4) is 5.75 Å². The standard InChI is InChI=1S/C15H19ClN2O2/c1-3-6-19-12-8-11(9-17-10-12)14(18-4-2)13-5-7-20-15(13)16/h5,7-10,14,18H,3-4,6H2,1-2H3. The molecule has 1 atom stereocenters. The quantitative estimate of drug-likeness (QED) is 0.843. The molecule has 1 N–H and O–H groups in total. The van der Waals surface area contributed by atoms with Gasteiger partial charge in [-0.25, -0.2) is 0 Å². The fourth-order valence-corrected chi connectivity index (χ4v) is 2.24. The van der Waals surface area contributed by atoms with Crippen LogP contribution in [0.15, 0.2) is 35.2 Å². The number of nitrogens with zero attached hydrogens (tertiary/aromatic N) is 1. The summed E-state index contributed by atoms with van der Waals surface area (Å²) in [6.45, 7) is 5.62. The molecule has 2 rings (SSSR count). The van der Waals surface area contributed by atoms with Crippen LogP contribution in [-0.4, -0.2) is 18.1 Å². The van der Waals surface area contributed by atoms with Gasteiger partial charge in [0.2, 0.25) is 0 Å². The van der Waals surface area contributed by atoms with Crippen LogP contribution in [0.5, 0.6) is 5.75 Å². The van der Waals surface area contributed by atoms with E-state index >= 15 is 0 Å². The van der Waals surface area contributed by atoms with Gasteiger partial charge in [0.15, 0.2) is 5.22 Å². The Morgan fingerprint density at radius 1 is 1.40 bits per heavy atom. The minimum atomic E-state index is -0.0519. The molecule has 108 valence electrons. The molecule has 5 heteroatoms. The number of pyridine rings is 1. The second-order valence-electron chi connectivity index (χ2n) is 4.44. The average molecular weight is 295 g/mol. The van der Waals surface area contributed by atoms with Gasteiger partial charge in [-0.15, -0.1) is 0 Å². The number of furan rings is 1. The van der Waals surface area contributed by atoms with E-state index in [1.54, 1.807) is 12.5 Å². The molecule has 20 heavy (non-hydrogen) atoms. The van der Waals surface area contributed by atoms with E-state index < -0.39 is 0 Å². The fraction of sp³-hybridized carbons (Fsp3) is 0.400. The summed E-state index contributed by atoms with van der Waals surface area (Å²) < 4.78 is 10.8. The highest BCUT2D eigenvalue weighted by Crippen LogP contribution is 2.30. The summed E-state index contributed by atoms with van der Waals surface area (Å²) in [5.41, 5.74) is 1.91. The normalized spacial score (nSPS) is 12.3. The molecule has 0 saturated heterocycles. The molecule has 0 saturated carbocycles. The van der Waals surface area contributed by atoms with E-state index in [1.807, 2.05) is 25.3 Å². The van der Waals surface area contributed by atoms with Crippen LogP contribution in [0.25, 0.3) is 0 Å². The van der Waals surface area contributed by atoms with E-state index in [-0.39, 0.29) is 6.04 Å². The Bertz CT molecular complexity index is 542. The lowest BCUT2D eigenvalue weighted by Gasteiger charge is -2.17. The van der Waals surface area contributed by atoms with Gasteiger partial charge in [0, 0.05) is 11.8 Å². The molecule has 4 nitrogen and oxygen atoms in total. The van der Waals surface area contributed by atoms with Gasteiger partial charge in [-0.2, -0.15) is 0 Å². The van der Waals surface area contributed by atoms with Crippen molar-refractivity contribution in [1.82, 2.24) is 10.3 Å². The van der Waals surface area contributed by atoms with Gasteiger partial charge in [0.05, 0.1) is 25.1 Å². The zero-order chi connectivity index (χ0) is 14.4. The first kappa shape index (κ1) is 14.9. The average Bonchev–Trinajstić information content (AvgIpc) is 2.89. The van der Waals surface area contributed by atoms with E-state index in [0.29, 0.717) is 11.8 Å². The third kappa shape index (κ3) is 3.52. The fourth-order valence-electron chi connectivity index (χ4n) is 2.01. The Morgan fingerprint density at radius 2 is 2.25 bits per heavy atom. The SMILES string of the molecule is CCCOc1cncc(C(NCC)c2ccoc2Cl)c1. The number of ether oxygens (including phenoxy) is 1. The third-order valence-corrected chi connectivity index (χ3v) is 3.21. The Morgan fingerprint density at radius 3 is 2.90 bits per heavy atom. The molecule has 0 aliphatic rings. The maximum Gasteiger partial charge on any atom is 0.198 e. The minimum Gasteiger partial charge on any atom is -0.492 e. The summed E-state index contributed by atoms with van der Waals surface area (Å²) in [5, 5.41) is 3.78. The van der Waals surface area contributed by atoms with Crippen LogP contribution in [0.1, 0.15) is 37.4 Å². The van der Waals surface area contributed by atoms with Gasteiger partial charge in [-0.3, -0.25) is 4.98 Å². The molecule has 2 aromatic heterocycles. The van der Waals surface area contributed by atoms with Crippen molar-refractivity contribution in [2.24, 2.45) is 0 Å². The van der Waals surface area contributed by atoms with E-state index in [9.17, 15) is 0 Å². The molecule has 2 heterocycles. The van der Waals surface area contributed by atoms with E-state index in [4.69, 9.17) is 20.8 Å². The lowest BCUT2D eigenvalue weighted by Crippen LogP contribution is -2.22. The topological polar surface area (TPSA) is 47.3 Å². The van der Waals surface area contributed by atoms with Crippen molar-refractivity contribution in [1.29, 1.82) is 0 Å². The Balaban J connectivity index is 2.27. The van der Waals surface area contributed by atoms with E-state index in [1.165, 1.54) is 0 Å². The molecule has 0 spiro atoms. The zero-order valence-corrected chi connectivity index (χ0v) is 12.5.